The molecular weight excluding hydrogens is 331 g/mol. The summed E-state index contributed by atoms with van der Waals surface area (Å²) in [6, 6.07) is 5.52. The molecule has 2 aromatic heterocycles. The maximum absolute atomic E-state index is 13.2. The molecule has 112 valence electrons. The Bertz CT molecular complexity index is 860. The minimum absolute atomic E-state index is 0.190. The van der Waals surface area contributed by atoms with Crippen molar-refractivity contribution in [3.63, 3.8) is 0 Å². The van der Waals surface area contributed by atoms with Crippen LogP contribution in [0, 0.1) is 5.82 Å². The second kappa shape index (κ2) is 5.78. The molecule has 0 bridgehead atoms. The van der Waals surface area contributed by atoms with Crippen LogP contribution in [0.1, 0.15) is 20.0 Å². The van der Waals surface area contributed by atoms with E-state index in [9.17, 15) is 14.0 Å². The average Bonchev–Trinajstić information content (AvgIpc) is 3.13. The number of hydrazine groups is 1. The van der Waals surface area contributed by atoms with Gasteiger partial charge >= 0.3 is 0 Å². The van der Waals surface area contributed by atoms with Crippen LogP contribution in [0.25, 0.3) is 10.1 Å². The Morgan fingerprint density at radius 1 is 1.18 bits per heavy atom. The minimum atomic E-state index is -0.580. The third-order valence-corrected chi connectivity index (χ3v) is 4.53. The second-order valence-corrected chi connectivity index (χ2v) is 5.74. The molecule has 8 heteroatoms. The molecule has 0 aliphatic heterocycles. The molecule has 2 amide bonds. The summed E-state index contributed by atoms with van der Waals surface area (Å²) in [5, 5.41) is 0.800. The summed E-state index contributed by atoms with van der Waals surface area (Å²) in [5.41, 5.74) is 4.77. The van der Waals surface area contributed by atoms with Crippen molar-refractivity contribution in [2.45, 2.75) is 0 Å². The fraction of sp³-hybridized carbons (Fsp3) is 0. The Morgan fingerprint density at radius 3 is 2.68 bits per heavy atom. The van der Waals surface area contributed by atoms with E-state index in [1.165, 1.54) is 36.8 Å². The van der Waals surface area contributed by atoms with Crippen molar-refractivity contribution in [2.24, 2.45) is 0 Å². The highest BCUT2D eigenvalue weighted by molar-refractivity contribution is 7.21. The lowest BCUT2D eigenvalue weighted by Crippen LogP contribution is -2.41. The van der Waals surface area contributed by atoms with Crippen LogP contribution in [0.3, 0.4) is 0 Å². The van der Waals surface area contributed by atoms with E-state index in [2.05, 4.69) is 10.9 Å². The van der Waals surface area contributed by atoms with Crippen molar-refractivity contribution in [1.82, 2.24) is 10.9 Å². The fourth-order valence-electron chi connectivity index (χ4n) is 1.82. The van der Waals surface area contributed by atoms with Crippen molar-refractivity contribution >= 4 is 44.8 Å². The van der Waals surface area contributed by atoms with Crippen LogP contribution < -0.4 is 10.9 Å². The Hall–Kier alpha value is -2.38. The van der Waals surface area contributed by atoms with E-state index in [0.717, 1.165) is 11.3 Å². The SMILES string of the molecule is O=C(NNC(=O)c1sc2cc(F)ccc2c1Cl)c1ccoc1. The van der Waals surface area contributed by atoms with Gasteiger partial charge in [-0.2, -0.15) is 0 Å². The largest absolute Gasteiger partial charge is 0.472 e. The van der Waals surface area contributed by atoms with Crippen molar-refractivity contribution in [3.8, 4) is 0 Å². The number of rotatable bonds is 2. The highest BCUT2D eigenvalue weighted by Gasteiger charge is 2.18. The maximum atomic E-state index is 13.2. The second-order valence-electron chi connectivity index (χ2n) is 4.31. The Morgan fingerprint density at radius 2 is 1.95 bits per heavy atom. The van der Waals surface area contributed by atoms with Crippen LogP contribution >= 0.6 is 22.9 Å². The average molecular weight is 339 g/mol. The first-order valence-corrected chi connectivity index (χ1v) is 7.26. The van der Waals surface area contributed by atoms with E-state index >= 15 is 0 Å². The number of hydrogen-bond donors (Lipinski definition) is 2. The molecule has 0 radical (unpaired) electrons. The van der Waals surface area contributed by atoms with Gasteiger partial charge in [0.2, 0.25) is 0 Å². The zero-order valence-electron chi connectivity index (χ0n) is 10.9. The Labute approximate surface area is 132 Å². The number of nitrogens with one attached hydrogen (secondary N) is 2. The summed E-state index contributed by atoms with van der Waals surface area (Å²) in [4.78, 5) is 23.9. The first-order valence-electron chi connectivity index (χ1n) is 6.06. The number of benzene rings is 1. The first kappa shape index (κ1) is 14.6. The van der Waals surface area contributed by atoms with Gasteiger partial charge in [0.15, 0.2) is 0 Å². The van der Waals surface area contributed by atoms with Gasteiger partial charge in [-0.15, -0.1) is 11.3 Å². The third-order valence-electron chi connectivity index (χ3n) is 2.87. The van der Waals surface area contributed by atoms with Crippen molar-refractivity contribution < 1.29 is 18.4 Å². The van der Waals surface area contributed by atoms with E-state index in [-0.39, 0.29) is 15.5 Å². The first-order chi connectivity index (χ1) is 10.6. The van der Waals surface area contributed by atoms with E-state index in [1.807, 2.05) is 0 Å². The highest BCUT2D eigenvalue weighted by Crippen LogP contribution is 2.35. The van der Waals surface area contributed by atoms with Gasteiger partial charge in [-0.3, -0.25) is 20.4 Å². The predicted octanol–water partition coefficient (Wildman–Crippen LogP) is 3.36. The van der Waals surface area contributed by atoms with E-state index < -0.39 is 17.6 Å². The van der Waals surface area contributed by atoms with E-state index in [0.29, 0.717) is 10.1 Å². The number of carbonyl (C=O) groups excluding carboxylic acids is 2. The minimum Gasteiger partial charge on any atom is -0.472 e. The number of fused-ring (bicyclic) bond motifs is 1. The summed E-state index contributed by atoms with van der Waals surface area (Å²) >= 11 is 7.16. The number of thiophene rings is 1. The number of halogens is 2. The molecule has 5 nitrogen and oxygen atoms in total. The van der Waals surface area contributed by atoms with Gasteiger partial charge in [-0.05, 0) is 24.3 Å². The molecule has 0 fully saturated rings. The molecular formula is C14H8ClFN2O3S. The third kappa shape index (κ3) is 2.68. The van der Waals surface area contributed by atoms with Gasteiger partial charge in [0, 0.05) is 10.1 Å². The molecule has 0 atom stereocenters. The van der Waals surface area contributed by atoms with E-state index in [4.69, 9.17) is 16.0 Å². The van der Waals surface area contributed by atoms with Gasteiger partial charge in [-0.1, -0.05) is 11.6 Å². The lowest BCUT2D eigenvalue weighted by atomic mass is 10.2. The van der Waals surface area contributed by atoms with Crippen LogP contribution in [0.2, 0.25) is 5.02 Å². The van der Waals surface area contributed by atoms with Crippen molar-refractivity contribution in [3.05, 3.63) is 58.1 Å². The topological polar surface area (TPSA) is 71.3 Å². The molecule has 22 heavy (non-hydrogen) atoms. The van der Waals surface area contributed by atoms with Crippen molar-refractivity contribution in [2.75, 3.05) is 0 Å². The van der Waals surface area contributed by atoms with Gasteiger partial charge in [0.05, 0.1) is 16.8 Å². The molecule has 0 unspecified atom stereocenters. The Balaban J connectivity index is 1.78. The van der Waals surface area contributed by atoms with Crippen LogP contribution in [0.4, 0.5) is 4.39 Å². The zero-order valence-corrected chi connectivity index (χ0v) is 12.4. The molecule has 3 rings (SSSR count). The summed E-state index contributed by atoms with van der Waals surface area (Å²) in [6.07, 6.45) is 2.59. The zero-order chi connectivity index (χ0) is 15.7. The fourth-order valence-corrected chi connectivity index (χ4v) is 3.26. The number of furan rings is 1. The molecule has 3 aromatic rings. The number of carbonyl (C=O) groups is 2. The standard InChI is InChI=1S/C14H8ClFN2O3S/c15-11-9-2-1-8(16)5-10(9)22-12(11)14(20)18-17-13(19)7-3-4-21-6-7/h1-6H,(H,17,19)(H,18,20). The number of amides is 2. The summed E-state index contributed by atoms with van der Waals surface area (Å²) in [7, 11) is 0. The van der Waals surface area contributed by atoms with Gasteiger partial charge in [0.25, 0.3) is 11.8 Å². The molecule has 2 heterocycles. The van der Waals surface area contributed by atoms with Crippen molar-refractivity contribution in [1.29, 1.82) is 0 Å². The van der Waals surface area contributed by atoms with Gasteiger partial charge in [-0.25, -0.2) is 4.39 Å². The number of hydrogen-bond acceptors (Lipinski definition) is 4. The van der Waals surface area contributed by atoms with Crippen LogP contribution in [0.5, 0.6) is 0 Å². The summed E-state index contributed by atoms with van der Waals surface area (Å²) in [5.74, 6) is -1.51. The maximum Gasteiger partial charge on any atom is 0.281 e. The summed E-state index contributed by atoms with van der Waals surface area (Å²) < 4.78 is 18.5. The lowest BCUT2D eigenvalue weighted by molar-refractivity contribution is 0.0848. The van der Waals surface area contributed by atoms with E-state index in [1.54, 1.807) is 0 Å². The molecule has 0 spiro atoms. The molecule has 0 saturated carbocycles. The molecule has 0 aliphatic rings. The summed E-state index contributed by atoms with van der Waals surface area (Å²) in [6.45, 7) is 0. The highest BCUT2D eigenvalue weighted by atomic mass is 35.5. The molecule has 2 N–H and O–H groups in total. The predicted molar refractivity (Wildman–Crippen MR) is 80.4 cm³/mol. The molecule has 0 aliphatic carbocycles. The molecule has 0 saturated heterocycles. The van der Waals surface area contributed by atoms with Crippen LogP contribution in [-0.2, 0) is 0 Å². The lowest BCUT2D eigenvalue weighted by Gasteiger charge is -2.04. The van der Waals surface area contributed by atoms with Crippen LogP contribution in [0.15, 0.2) is 41.2 Å². The van der Waals surface area contributed by atoms with Gasteiger partial charge < -0.3 is 4.42 Å². The molecule has 1 aromatic carbocycles. The normalized spacial score (nSPS) is 10.6. The monoisotopic (exact) mass is 338 g/mol. The quantitative estimate of drug-likeness (QED) is 0.704. The van der Waals surface area contributed by atoms with Crippen LogP contribution in [-0.4, -0.2) is 11.8 Å². The van der Waals surface area contributed by atoms with Gasteiger partial charge in [0.1, 0.15) is 17.0 Å². The Kier molecular flexibility index (Phi) is 3.82. The smallest absolute Gasteiger partial charge is 0.281 e.